The van der Waals surface area contributed by atoms with Crippen LogP contribution in [-0.2, 0) is 0 Å². The average molecular weight is 915 g/mol. The largest absolute Gasteiger partial charge is 0.310 e. The van der Waals surface area contributed by atoms with Gasteiger partial charge in [-0.3, -0.25) is 0 Å². The average Bonchev–Trinajstić information content (AvgIpc) is 3.45. The summed E-state index contributed by atoms with van der Waals surface area (Å²) in [6, 6.07) is 102. The fourth-order valence-corrected chi connectivity index (χ4v) is 11.2. The molecule has 0 unspecified atom stereocenters. The van der Waals surface area contributed by atoms with Gasteiger partial charge in [0.15, 0.2) is 0 Å². The van der Waals surface area contributed by atoms with E-state index in [0.717, 1.165) is 34.1 Å². The van der Waals surface area contributed by atoms with Crippen LogP contribution in [0.5, 0.6) is 0 Å². The van der Waals surface area contributed by atoms with E-state index in [-0.39, 0.29) is 0 Å². The van der Waals surface area contributed by atoms with E-state index in [4.69, 9.17) is 0 Å². The first-order valence-corrected chi connectivity index (χ1v) is 24.8. The maximum absolute atomic E-state index is 2.43. The number of fused-ring (bicyclic) bond motifs is 9. The molecule has 0 bridgehead atoms. The summed E-state index contributed by atoms with van der Waals surface area (Å²) < 4.78 is 0. The molecule has 336 valence electrons. The van der Waals surface area contributed by atoms with Crippen LogP contribution in [0.2, 0.25) is 0 Å². The van der Waals surface area contributed by atoms with Crippen LogP contribution in [0.15, 0.2) is 279 Å². The van der Waals surface area contributed by atoms with Gasteiger partial charge >= 0.3 is 0 Å². The summed E-state index contributed by atoms with van der Waals surface area (Å²) in [5.74, 6) is 0. The second kappa shape index (κ2) is 17.2. The molecule has 0 radical (unpaired) electrons. The van der Waals surface area contributed by atoms with Crippen LogP contribution in [0.3, 0.4) is 0 Å². The standard InChI is InChI=1S/C70H46N2/c1-3-19-58(20-4-1)71(60-35-31-47-15-7-9-17-49(47)41-60)62-37-33-51-39-55(29-27-53(51)43-62)68-45-57-46-69(65-24-12-14-26-67(65)70(57)66-25-13-11-23-64(66)68)56-30-28-54-44-63(38-34-52(54)40-56)72(59-21-5-2-6-22-59)61-36-32-48-16-8-10-18-50(48)42-61/h1-46H. The van der Waals surface area contributed by atoms with E-state index in [9.17, 15) is 0 Å². The minimum absolute atomic E-state index is 1.12. The highest BCUT2D eigenvalue weighted by Gasteiger charge is 2.19. The van der Waals surface area contributed by atoms with Crippen molar-refractivity contribution in [3.63, 3.8) is 0 Å². The van der Waals surface area contributed by atoms with Crippen molar-refractivity contribution < 1.29 is 0 Å². The number of para-hydroxylation sites is 2. The Balaban J connectivity index is 0.867. The number of hydrogen-bond acceptors (Lipinski definition) is 2. The molecular formula is C70H46N2. The predicted molar refractivity (Wildman–Crippen MR) is 309 cm³/mol. The summed E-state index contributed by atoms with van der Waals surface area (Å²) in [5.41, 5.74) is 11.6. The number of nitrogens with zero attached hydrogens (tertiary/aromatic N) is 2. The molecule has 0 aliphatic carbocycles. The van der Waals surface area contributed by atoms with Crippen LogP contribution in [0.25, 0.3) is 97.7 Å². The third-order valence-corrected chi connectivity index (χ3v) is 14.7. The molecule has 72 heavy (non-hydrogen) atoms. The van der Waals surface area contributed by atoms with E-state index in [1.54, 1.807) is 0 Å². The lowest BCUT2D eigenvalue weighted by molar-refractivity contribution is 1.29. The van der Waals surface area contributed by atoms with Gasteiger partial charge in [0, 0.05) is 34.1 Å². The Morgan fingerprint density at radius 3 is 0.903 bits per heavy atom. The summed E-state index contributed by atoms with van der Waals surface area (Å²) >= 11 is 0. The van der Waals surface area contributed by atoms with Crippen molar-refractivity contribution in [1.82, 2.24) is 0 Å². The maximum Gasteiger partial charge on any atom is 0.0468 e. The number of anilines is 6. The molecule has 14 aromatic carbocycles. The Hall–Kier alpha value is -9.50. The lowest BCUT2D eigenvalue weighted by Crippen LogP contribution is -2.09. The lowest BCUT2D eigenvalue weighted by Gasteiger charge is -2.26. The molecule has 2 heteroatoms. The maximum atomic E-state index is 2.43. The second-order valence-corrected chi connectivity index (χ2v) is 18.9. The third kappa shape index (κ3) is 7.20. The van der Waals surface area contributed by atoms with Crippen molar-refractivity contribution in [1.29, 1.82) is 0 Å². The van der Waals surface area contributed by atoms with E-state index >= 15 is 0 Å². The first-order chi connectivity index (χ1) is 35.7. The summed E-state index contributed by atoms with van der Waals surface area (Å²) in [6.07, 6.45) is 0. The minimum Gasteiger partial charge on any atom is -0.310 e. The van der Waals surface area contributed by atoms with Crippen LogP contribution in [0.1, 0.15) is 0 Å². The molecule has 14 rings (SSSR count). The zero-order valence-corrected chi connectivity index (χ0v) is 39.5. The second-order valence-electron chi connectivity index (χ2n) is 18.9. The van der Waals surface area contributed by atoms with Crippen molar-refractivity contribution in [3.05, 3.63) is 279 Å². The predicted octanol–water partition coefficient (Wildman–Crippen LogP) is 20.0. The van der Waals surface area contributed by atoms with Gasteiger partial charge in [-0.1, -0.05) is 182 Å². The molecule has 0 saturated carbocycles. The highest BCUT2D eigenvalue weighted by atomic mass is 15.1. The molecule has 0 spiro atoms. The highest BCUT2D eigenvalue weighted by molar-refractivity contribution is 6.26. The van der Waals surface area contributed by atoms with Crippen LogP contribution in [-0.4, -0.2) is 0 Å². The molecule has 0 fully saturated rings. The van der Waals surface area contributed by atoms with Crippen molar-refractivity contribution in [3.8, 4) is 22.3 Å². The molecular weight excluding hydrogens is 869 g/mol. The van der Waals surface area contributed by atoms with Gasteiger partial charge in [0.05, 0.1) is 0 Å². The number of hydrogen-bond donors (Lipinski definition) is 0. The first kappa shape index (κ1) is 41.5. The minimum atomic E-state index is 1.12. The van der Waals surface area contributed by atoms with Gasteiger partial charge in [0.25, 0.3) is 0 Å². The zero-order chi connectivity index (χ0) is 47.5. The SMILES string of the molecule is c1ccc(N(c2ccc3ccccc3c2)c2ccc3cc(-c4cc5cc(-c6ccc7cc(N(c8ccccc8)c8ccc9ccccc9c8)ccc7c6)c6ccccc6c5c5ccccc45)ccc3c2)cc1. The molecule has 0 aliphatic rings. The van der Waals surface area contributed by atoms with Gasteiger partial charge in [-0.25, -0.2) is 0 Å². The van der Waals surface area contributed by atoms with Crippen LogP contribution < -0.4 is 9.80 Å². The van der Waals surface area contributed by atoms with Gasteiger partial charge in [0.1, 0.15) is 0 Å². The van der Waals surface area contributed by atoms with Gasteiger partial charge in [-0.2, -0.15) is 0 Å². The van der Waals surface area contributed by atoms with E-state index in [1.807, 2.05) is 0 Å². The van der Waals surface area contributed by atoms with E-state index in [1.165, 1.54) is 97.7 Å². The van der Waals surface area contributed by atoms with Crippen molar-refractivity contribution >= 4 is 110 Å². The summed E-state index contributed by atoms with van der Waals surface area (Å²) in [6.45, 7) is 0. The molecule has 0 heterocycles. The monoisotopic (exact) mass is 914 g/mol. The molecule has 0 N–H and O–H groups in total. The van der Waals surface area contributed by atoms with Gasteiger partial charge in [-0.15, -0.1) is 0 Å². The Bertz CT molecular complexity index is 4120. The lowest BCUT2D eigenvalue weighted by atomic mass is 9.87. The fourth-order valence-electron chi connectivity index (χ4n) is 11.2. The summed E-state index contributed by atoms with van der Waals surface area (Å²) in [7, 11) is 0. The molecule has 14 aromatic rings. The Kier molecular flexibility index (Phi) is 9.89. The summed E-state index contributed by atoms with van der Waals surface area (Å²) in [4.78, 5) is 4.72. The topological polar surface area (TPSA) is 6.48 Å². The van der Waals surface area contributed by atoms with E-state index in [2.05, 4.69) is 289 Å². The Morgan fingerprint density at radius 1 is 0.181 bits per heavy atom. The quantitative estimate of drug-likeness (QED) is 0.140. The van der Waals surface area contributed by atoms with Crippen LogP contribution >= 0.6 is 0 Å². The molecule has 0 aliphatic heterocycles. The number of benzene rings is 14. The zero-order valence-electron chi connectivity index (χ0n) is 39.5. The Morgan fingerprint density at radius 2 is 0.486 bits per heavy atom. The van der Waals surface area contributed by atoms with Gasteiger partial charge in [-0.05, 0) is 195 Å². The van der Waals surface area contributed by atoms with E-state index < -0.39 is 0 Å². The van der Waals surface area contributed by atoms with Crippen molar-refractivity contribution in [2.45, 2.75) is 0 Å². The third-order valence-electron chi connectivity index (χ3n) is 14.7. The smallest absolute Gasteiger partial charge is 0.0468 e. The van der Waals surface area contributed by atoms with Gasteiger partial charge < -0.3 is 9.80 Å². The van der Waals surface area contributed by atoms with E-state index in [0.29, 0.717) is 0 Å². The molecule has 0 atom stereocenters. The molecule has 2 nitrogen and oxygen atoms in total. The van der Waals surface area contributed by atoms with Crippen molar-refractivity contribution in [2.75, 3.05) is 9.80 Å². The molecule has 0 amide bonds. The molecule has 0 saturated heterocycles. The normalized spacial score (nSPS) is 11.6. The van der Waals surface area contributed by atoms with Crippen LogP contribution in [0.4, 0.5) is 34.1 Å². The van der Waals surface area contributed by atoms with Crippen LogP contribution in [0, 0.1) is 0 Å². The van der Waals surface area contributed by atoms with Crippen molar-refractivity contribution in [2.24, 2.45) is 0 Å². The number of rotatable bonds is 8. The Labute approximate surface area is 418 Å². The highest BCUT2D eigenvalue weighted by Crippen LogP contribution is 2.45. The molecule has 0 aromatic heterocycles. The first-order valence-electron chi connectivity index (χ1n) is 24.8. The fraction of sp³-hybridized carbons (Fsp3) is 0. The summed E-state index contributed by atoms with van der Waals surface area (Å²) in [5, 5.41) is 17.2. The van der Waals surface area contributed by atoms with Gasteiger partial charge in [0.2, 0.25) is 0 Å².